The summed E-state index contributed by atoms with van der Waals surface area (Å²) in [5, 5.41) is 6.65. The van der Waals surface area contributed by atoms with Crippen molar-refractivity contribution in [1.29, 1.82) is 0 Å². The summed E-state index contributed by atoms with van der Waals surface area (Å²) < 4.78 is 0. The average molecular weight is 276 g/mol. The SMILES string of the molecule is CN=C(NCCCCC(C)C)NCc1ncccc1C. The van der Waals surface area contributed by atoms with Crippen LogP contribution in [0.2, 0.25) is 0 Å². The van der Waals surface area contributed by atoms with Crippen molar-refractivity contribution in [1.82, 2.24) is 15.6 Å². The Morgan fingerprint density at radius 3 is 2.75 bits per heavy atom. The van der Waals surface area contributed by atoms with E-state index in [0.29, 0.717) is 6.54 Å². The van der Waals surface area contributed by atoms with Gasteiger partial charge in [-0.2, -0.15) is 0 Å². The molecule has 1 heterocycles. The maximum atomic E-state index is 4.37. The maximum Gasteiger partial charge on any atom is 0.191 e. The lowest BCUT2D eigenvalue weighted by Crippen LogP contribution is -2.37. The molecule has 0 radical (unpaired) electrons. The lowest BCUT2D eigenvalue weighted by atomic mass is 10.1. The van der Waals surface area contributed by atoms with E-state index in [1.54, 1.807) is 7.05 Å². The topological polar surface area (TPSA) is 49.3 Å². The molecule has 20 heavy (non-hydrogen) atoms. The molecular weight excluding hydrogens is 248 g/mol. The minimum absolute atomic E-state index is 0.707. The normalized spacial score (nSPS) is 11.8. The Balaban J connectivity index is 2.25. The number of nitrogens with one attached hydrogen (secondary N) is 2. The van der Waals surface area contributed by atoms with Gasteiger partial charge in [0.1, 0.15) is 0 Å². The number of hydrogen-bond donors (Lipinski definition) is 2. The Kier molecular flexibility index (Phi) is 7.70. The number of nitrogens with zero attached hydrogens (tertiary/aromatic N) is 2. The van der Waals surface area contributed by atoms with Crippen LogP contribution in [-0.2, 0) is 6.54 Å². The van der Waals surface area contributed by atoms with Gasteiger partial charge in [0.05, 0.1) is 12.2 Å². The number of hydrogen-bond acceptors (Lipinski definition) is 2. The minimum Gasteiger partial charge on any atom is -0.356 e. The summed E-state index contributed by atoms with van der Waals surface area (Å²) in [5.41, 5.74) is 2.27. The molecule has 0 atom stereocenters. The van der Waals surface area contributed by atoms with Gasteiger partial charge in [0.15, 0.2) is 5.96 Å². The monoisotopic (exact) mass is 276 g/mol. The summed E-state index contributed by atoms with van der Waals surface area (Å²) in [6, 6.07) is 4.03. The van der Waals surface area contributed by atoms with Gasteiger partial charge in [-0.1, -0.05) is 32.8 Å². The van der Waals surface area contributed by atoms with Crippen LogP contribution < -0.4 is 10.6 Å². The third kappa shape index (κ3) is 6.55. The summed E-state index contributed by atoms with van der Waals surface area (Å²) in [7, 11) is 1.80. The van der Waals surface area contributed by atoms with E-state index in [2.05, 4.69) is 47.4 Å². The van der Waals surface area contributed by atoms with Gasteiger partial charge in [0.2, 0.25) is 0 Å². The van der Waals surface area contributed by atoms with Gasteiger partial charge in [-0.25, -0.2) is 0 Å². The molecule has 4 heteroatoms. The number of rotatable bonds is 7. The molecule has 0 bridgehead atoms. The fourth-order valence-electron chi connectivity index (χ4n) is 1.98. The predicted octanol–water partition coefficient (Wildman–Crippen LogP) is 2.88. The minimum atomic E-state index is 0.707. The second-order valence-corrected chi connectivity index (χ2v) is 5.51. The zero-order chi connectivity index (χ0) is 14.8. The first-order valence-electron chi connectivity index (χ1n) is 7.48. The lowest BCUT2D eigenvalue weighted by molar-refractivity contribution is 0.534. The van der Waals surface area contributed by atoms with Crippen molar-refractivity contribution in [2.75, 3.05) is 13.6 Å². The van der Waals surface area contributed by atoms with E-state index in [-0.39, 0.29) is 0 Å². The second kappa shape index (κ2) is 9.34. The summed E-state index contributed by atoms with van der Waals surface area (Å²) in [4.78, 5) is 8.60. The van der Waals surface area contributed by atoms with Crippen LogP contribution in [0.1, 0.15) is 44.4 Å². The molecule has 0 amide bonds. The molecule has 1 aromatic heterocycles. The molecule has 0 aliphatic rings. The van der Waals surface area contributed by atoms with Crippen molar-refractivity contribution in [3.63, 3.8) is 0 Å². The van der Waals surface area contributed by atoms with Gasteiger partial charge >= 0.3 is 0 Å². The molecule has 0 unspecified atom stereocenters. The van der Waals surface area contributed by atoms with Gasteiger partial charge in [0.25, 0.3) is 0 Å². The second-order valence-electron chi connectivity index (χ2n) is 5.51. The lowest BCUT2D eigenvalue weighted by Gasteiger charge is -2.12. The molecule has 0 saturated heterocycles. The maximum absolute atomic E-state index is 4.37. The Labute approximate surface area is 123 Å². The molecule has 0 aliphatic carbocycles. The first-order valence-corrected chi connectivity index (χ1v) is 7.48. The van der Waals surface area contributed by atoms with Crippen molar-refractivity contribution in [2.45, 2.75) is 46.6 Å². The summed E-state index contributed by atoms with van der Waals surface area (Å²) >= 11 is 0. The molecule has 1 aromatic rings. The Morgan fingerprint density at radius 2 is 2.10 bits per heavy atom. The molecule has 0 saturated carbocycles. The van der Waals surface area contributed by atoms with Crippen LogP contribution in [0.4, 0.5) is 0 Å². The number of aryl methyl sites for hydroxylation is 1. The van der Waals surface area contributed by atoms with Crippen molar-refractivity contribution in [3.8, 4) is 0 Å². The molecule has 4 nitrogen and oxygen atoms in total. The molecule has 0 aliphatic heterocycles. The molecule has 112 valence electrons. The average Bonchev–Trinajstić information content (AvgIpc) is 2.43. The molecule has 2 N–H and O–H groups in total. The summed E-state index contributed by atoms with van der Waals surface area (Å²) in [5.74, 6) is 1.64. The van der Waals surface area contributed by atoms with Crippen molar-refractivity contribution < 1.29 is 0 Å². The van der Waals surface area contributed by atoms with E-state index in [9.17, 15) is 0 Å². The van der Waals surface area contributed by atoms with Crippen LogP contribution in [0.15, 0.2) is 23.3 Å². The van der Waals surface area contributed by atoms with Gasteiger partial charge in [-0.3, -0.25) is 9.98 Å². The third-order valence-electron chi connectivity index (χ3n) is 3.27. The highest BCUT2D eigenvalue weighted by Gasteiger charge is 2.01. The number of aromatic nitrogens is 1. The van der Waals surface area contributed by atoms with E-state index in [1.807, 2.05) is 12.3 Å². The van der Waals surface area contributed by atoms with Crippen LogP contribution >= 0.6 is 0 Å². The van der Waals surface area contributed by atoms with E-state index >= 15 is 0 Å². The first-order chi connectivity index (χ1) is 9.63. The Hall–Kier alpha value is -1.58. The van der Waals surface area contributed by atoms with Gasteiger partial charge in [0, 0.05) is 19.8 Å². The van der Waals surface area contributed by atoms with Crippen LogP contribution in [0.25, 0.3) is 0 Å². The van der Waals surface area contributed by atoms with E-state index in [1.165, 1.54) is 24.8 Å². The number of pyridine rings is 1. The predicted molar refractivity (Wildman–Crippen MR) is 85.9 cm³/mol. The Bertz CT molecular complexity index is 413. The number of unbranched alkanes of at least 4 members (excludes halogenated alkanes) is 1. The molecule has 0 spiro atoms. The zero-order valence-corrected chi connectivity index (χ0v) is 13.2. The quantitative estimate of drug-likeness (QED) is 0.457. The van der Waals surface area contributed by atoms with Crippen LogP contribution in [-0.4, -0.2) is 24.5 Å². The standard InChI is InChI=1S/C16H28N4/c1-13(2)8-5-6-10-19-16(17-4)20-12-15-14(3)9-7-11-18-15/h7,9,11,13H,5-6,8,10,12H2,1-4H3,(H2,17,19,20). The highest BCUT2D eigenvalue weighted by atomic mass is 15.2. The zero-order valence-electron chi connectivity index (χ0n) is 13.2. The van der Waals surface area contributed by atoms with Crippen LogP contribution in [0, 0.1) is 12.8 Å². The van der Waals surface area contributed by atoms with E-state index in [0.717, 1.165) is 24.1 Å². The van der Waals surface area contributed by atoms with Crippen LogP contribution in [0.3, 0.4) is 0 Å². The van der Waals surface area contributed by atoms with Crippen molar-refractivity contribution in [3.05, 3.63) is 29.6 Å². The fraction of sp³-hybridized carbons (Fsp3) is 0.625. The third-order valence-corrected chi connectivity index (χ3v) is 3.27. The molecule has 0 aromatic carbocycles. The highest BCUT2D eigenvalue weighted by molar-refractivity contribution is 5.79. The van der Waals surface area contributed by atoms with Gasteiger partial charge in [-0.15, -0.1) is 0 Å². The van der Waals surface area contributed by atoms with Crippen LogP contribution in [0.5, 0.6) is 0 Å². The summed E-state index contributed by atoms with van der Waals surface area (Å²) in [6.07, 6.45) is 5.56. The van der Waals surface area contributed by atoms with Crippen molar-refractivity contribution >= 4 is 5.96 Å². The molecule has 0 fully saturated rings. The van der Waals surface area contributed by atoms with Gasteiger partial charge in [-0.05, 0) is 30.9 Å². The van der Waals surface area contributed by atoms with Crippen molar-refractivity contribution in [2.24, 2.45) is 10.9 Å². The smallest absolute Gasteiger partial charge is 0.191 e. The largest absolute Gasteiger partial charge is 0.356 e. The fourth-order valence-corrected chi connectivity index (χ4v) is 1.98. The van der Waals surface area contributed by atoms with E-state index < -0.39 is 0 Å². The Morgan fingerprint density at radius 1 is 1.30 bits per heavy atom. The number of aliphatic imine (C=N–C) groups is 1. The molecular formula is C16H28N4. The highest BCUT2D eigenvalue weighted by Crippen LogP contribution is 2.05. The van der Waals surface area contributed by atoms with E-state index in [4.69, 9.17) is 0 Å². The molecule has 1 rings (SSSR count). The first kappa shape index (κ1) is 16.5. The van der Waals surface area contributed by atoms with Gasteiger partial charge < -0.3 is 10.6 Å². The number of guanidine groups is 1. The summed E-state index contributed by atoms with van der Waals surface area (Å²) in [6.45, 7) is 8.28.